The fraction of sp³-hybridized carbons (Fsp3) is 0.0833. The van der Waals surface area contributed by atoms with Gasteiger partial charge in [-0.15, -0.1) is 0 Å². The van der Waals surface area contributed by atoms with E-state index in [2.05, 4.69) is 11.2 Å². The molecular weight excluding hydrogens is 378 g/mol. The Morgan fingerprint density at radius 1 is 0.933 bits per heavy atom. The summed E-state index contributed by atoms with van der Waals surface area (Å²) in [6, 6.07) is 25.3. The number of carbonyl (C=O) groups is 1. The predicted molar refractivity (Wildman–Crippen MR) is 112 cm³/mol. The fourth-order valence-electron chi connectivity index (χ4n) is 3.22. The molecule has 1 aromatic heterocycles. The molecule has 0 amide bonds. The first-order valence-electron chi connectivity index (χ1n) is 9.36. The highest BCUT2D eigenvalue weighted by Crippen LogP contribution is 2.16. The minimum atomic E-state index is -0.652. The van der Waals surface area contributed by atoms with Gasteiger partial charge in [-0.3, -0.25) is 4.79 Å². The molecule has 0 aliphatic rings. The maximum atomic E-state index is 12.9. The molecule has 146 valence electrons. The Kier molecular flexibility index (Phi) is 5.35. The molecule has 0 aliphatic carbocycles. The van der Waals surface area contributed by atoms with Gasteiger partial charge in [0.2, 0.25) is 0 Å². The van der Waals surface area contributed by atoms with E-state index in [-0.39, 0.29) is 24.4 Å². The molecule has 1 heterocycles. The Morgan fingerprint density at radius 2 is 1.60 bits per heavy atom. The molecule has 3 aromatic carbocycles. The molecule has 0 fully saturated rings. The van der Waals surface area contributed by atoms with Crippen molar-refractivity contribution in [2.75, 3.05) is 0 Å². The average molecular weight is 395 g/mol. The molecular formula is C24H17N3O3. The van der Waals surface area contributed by atoms with Crippen LogP contribution < -0.4 is 5.56 Å². The third-order valence-electron chi connectivity index (χ3n) is 4.73. The minimum absolute atomic E-state index is 0.0591. The number of fused-ring (bicyclic) bond motifs is 1. The standard InChI is InChI=1S/C24H17N3O3/c25-14-18-10-4-5-11-19(18)16-30-24(29)22-20-12-6-7-13-21(20)23(28)27(26-22)15-17-8-2-1-3-9-17/h1-13H,15-16H2. The van der Waals surface area contributed by atoms with Gasteiger partial charge in [0.25, 0.3) is 5.56 Å². The van der Waals surface area contributed by atoms with Crippen LogP contribution in [-0.2, 0) is 17.9 Å². The summed E-state index contributed by atoms with van der Waals surface area (Å²) in [4.78, 5) is 25.7. The van der Waals surface area contributed by atoms with Crippen molar-refractivity contribution in [3.63, 3.8) is 0 Å². The predicted octanol–water partition coefficient (Wildman–Crippen LogP) is 3.67. The number of rotatable bonds is 5. The minimum Gasteiger partial charge on any atom is -0.456 e. The second-order valence-corrected chi connectivity index (χ2v) is 6.69. The van der Waals surface area contributed by atoms with Crippen LogP contribution in [0.3, 0.4) is 0 Å². The van der Waals surface area contributed by atoms with Crippen molar-refractivity contribution < 1.29 is 9.53 Å². The van der Waals surface area contributed by atoms with Gasteiger partial charge < -0.3 is 4.74 Å². The molecule has 0 saturated heterocycles. The van der Waals surface area contributed by atoms with Crippen molar-refractivity contribution >= 4 is 16.7 Å². The van der Waals surface area contributed by atoms with E-state index in [9.17, 15) is 14.9 Å². The molecule has 6 nitrogen and oxygen atoms in total. The highest BCUT2D eigenvalue weighted by molar-refractivity contribution is 6.02. The number of hydrogen-bond donors (Lipinski definition) is 0. The van der Waals surface area contributed by atoms with Crippen molar-refractivity contribution in [3.8, 4) is 6.07 Å². The van der Waals surface area contributed by atoms with Crippen molar-refractivity contribution in [2.24, 2.45) is 0 Å². The Morgan fingerprint density at radius 3 is 2.37 bits per heavy atom. The van der Waals surface area contributed by atoms with Gasteiger partial charge in [-0.25, -0.2) is 9.48 Å². The Hall–Kier alpha value is -4.24. The van der Waals surface area contributed by atoms with E-state index in [1.54, 1.807) is 48.5 Å². The largest absolute Gasteiger partial charge is 0.456 e. The molecule has 0 aliphatic heterocycles. The van der Waals surface area contributed by atoms with Crippen LogP contribution in [0.15, 0.2) is 83.7 Å². The number of ether oxygens (including phenoxy) is 1. The van der Waals surface area contributed by atoms with Crippen LogP contribution >= 0.6 is 0 Å². The van der Waals surface area contributed by atoms with Gasteiger partial charge >= 0.3 is 5.97 Å². The smallest absolute Gasteiger partial charge is 0.359 e. The zero-order chi connectivity index (χ0) is 20.9. The molecule has 0 N–H and O–H groups in total. The van der Waals surface area contributed by atoms with Gasteiger partial charge in [0.15, 0.2) is 5.69 Å². The Bertz CT molecular complexity index is 1320. The van der Waals surface area contributed by atoms with E-state index >= 15 is 0 Å². The molecule has 0 bridgehead atoms. The summed E-state index contributed by atoms with van der Waals surface area (Å²) in [6.45, 7) is 0.179. The second kappa shape index (κ2) is 8.41. The Labute approximate surface area is 172 Å². The third-order valence-corrected chi connectivity index (χ3v) is 4.73. The van der Waals surface area contributed by atoms with E-state index < -0.39 is 5.97 Å². The first-order chi connectivity index (χ1) is 14.7. The van der Waals surface area contributed by atoms with E-state index in [1.807, 2.05) is 30.3 Å². The topological polar surface area (TPSA) is 85.0 Å². The molecule has 6 heteroatoms. The van der Waals surface area contributed by atoms with Crippen molar-refractivity contribution in [3.05, 3.63) is 112 Å². The van der Waals surface area contributed by atoms with Crippen LogP contribution in [0.4, 0.5) is 0 Å². The normalized spacial score (nSPS) is 10.5. The van der Waals surface area contributed by atoms with Gasteiger partial charge in [0, 0.05) is 10.9 Å². The summed E-state index contributed by atoms with van der Waals surface area (Å²) in [6.07, 6.45) is 0. The van der Waals surface area contributed by atoms with Crippen molar-refractivity contribution in [2.45, 2.75) is 13.2 Å². The quantitative estimate of drug-likeness (QED) is 0.481. The molecule has 30 heavy (non-hydrogen) atoms. The number of nitriles is 1. The van der Waals surface area contributed by atoms with Gasteiger partial charge in [-0.1, -0.05) is 66.7 Å². The summed E-state index contributed by atoms with van der Waals surface area (Å²) in [5.74, 6) is -0.652. The van der Waals surface area contributed by atoms with Crippen molar-refractivity contribution in [1.29, 1.82) is 5.26 Å². The molecule has 0 unspecified atom stereocenters. The van der Waals surface area contributed by atoms with Gasteiger partial charge in [0.05, 0.1) is 23.6 Å². The number of nitrogens with zero attached hydrogens (tertiary/aromatic N) is 3. The van der Waals surface area contributed by atoms with Gasteiger partial charge in [0.1, 0.15) is 6.61 Å². The molecule has 0 saturated carbocycles. The maximum absolute atomic E-state index is 12.9. The van der Waals surface area contributed by atoms with Crippen LogP contribution in [0, 0.1) is 11.3 Å². The molecule has 4 rings (SSSR count). The van der Waals surface area contributed by atoms with E-state index in [1.165, 1.54) is 4.68 Å². The number of hydrogen-bond acceptors (Lipinski definition) is 5. The molecule has 4 aromatic rings. The summed E-state index contributed by atoms with van der Waals surface area (Å²) in [5, 5.41) is 14.4. The van der Waals surface area contributed by atoms with Crippen LogP contribution in [0.1, 0.15) is 27.2 Å². The zero-order valence-corrected chi connectivity index (χ0v) is 16.0. The second-order valence-electron chi connectivity index (χ2n) is 6.69. The molecule has 0 atom stereocenters. The lowest BCUT2D eigenvalue weighted by atomic mass is 10.1. The Balaban J connectivity index is 1.70. The van der Waals surface area contributed by atoms with Gasteiger partial charge in [-0.2, -0.15) is 10.4 Å². The third kappa shape index (κ3) is 3.82. The number of aromatic nitrogens is 2. The highest BCUT2D eigenvalue weighted by atomic mass is 16.5. The van der Waals surface area contributed by atoms with E-state index in [0.29, 0.717) is 21.9 Å². The van der Waals surface area contributed by atoms with E-state index in [4.69, 9.17) is 4.74 Å². The lowest BCUT2D eigenvalue weighted by Crippen LogP contribution is -2.27. The number of esters is 1. The summed E-state index contributed by atoms with van der Waals surface area (Å²) < 4.78 is 6.72. The fourth-order valence-corrected chi connectivity index (χ4v) is 3.22. The summed E-state index contributed by atoms with van der Waals surface area (Å²) >= 11 is 0. The van der Waals surface area contributed by atoms with Gasteiger partial charge in [-0.05, 0) is 17.7 Å². The highest BCUT2D eigenvalue weighted by Gasteiger charge is 2.18. The first-order valence-corrected chi connectivity index (χ1v) is 9.36. The molecule has 0 radical (unpaired) electrons. The first kappa shape index (κ1) is 19.1. The number of benzene rings is 3. The SMILES string of the molecule is N#Cc1ccccc1COC(=O)c1nn(Cc2ccccc2)c(=O)c2ccccc12. The van der Waals surface area contributed by atoms with Crippen LogP contribution in [0.2, 0.25) is 0 Å². The lowest BCUT2D eigenvalue weighted by molar-refractivity contribution is 0.0465. The number of carbonyl (C=O) groups excluding carboxylic acids is 1. The van der Waals surface area contributed by atoms with Crippen molar-refractivity contribution in [1.82, 2.24) is 9.78 Å². The maximum Gasteiger partial charge on any atom is 0.359 e. The van der Waals surface area contributed by atoms with E-state index in [0.717, 1.165) is 5.56 Å². The zero-order valence-electron chi connectivity index (χ0n) is 16.0. The van der Waals surface area contributed by atoms with Crippen LogP contribution in [0.5, 0.6) is 0 Å². The molecule has 0 spiro atoms. The summed E-state index contributed by atoms with van der Waals surface area (Å²) in [5.41, 5.74) is 1.73. The average Bonchev–Trinajstić information content (AvgIpc) is 2.80. The monoisotopic (exact) mass is 395 g/mol. The summed E-state index contributed by atoms with van der Waals surface area (Å²) in [7, 11) is 0. The lowest BCUT2D eigenvalue weighted by Gasteiger charge is -2.11. The van der Waals surface area contributed by atoms with Crippen LogP contribution in [0.25, 0.3) is 10.8 Å². The van der Waals surface area contributed by atoms with Crippen LogP contribution in [-0.4, -0.2) is 15.7 Å².